The maximum absolute atomic E-state index is 4.65. The topological polar surface area (TPSA) is 29.9 Å². The maximum atomic E-state index is 4.65. The highest BCUT2D eigenvalue weighted by atomic mass is 15.3. The fourth-order valence-corrected chi connectivity index (χ4v) is 2.58. The lowest BCUT2D eigenvalue weighted by Gasteiger charge is -2.18. The fraction of sp³-hybridized carbons (Fsp3) is 0.812. The average molecular weight is 265 g/mol. The largest absolute Gasteiger partial charge is 0.314 e. The number of unbranched alkanes of at least 4 members (excludes halogenated alkanes) is 2. The summed E-state index contributed by atoms with van der Waals surface area (Å²) in [6, 6.07) is 2.89. The molecule has 0 fully saturated rings. The molecular weight excluding hydrogens is 234 g/mol. The van der Waals surface area contributed by atoms with Gasteiger partial charge in [-0.25, -0.2) is 0 Å². The van der Waals surface area contributed by atoms with Crippen molar-refractivity contribution in [3.63, 3.8) is 0 Å². The molecule has 1 aromatic heterocycles. The second-order valence-corrected chi connectivity index (χ2v) is 5.25. The van der Waals surface area contributed by atoms with Gasteiger partial charge in [0.05, 0.1) is 5.69 Å². The molecule has 1 atom stereocenters. The lowest BCUT2D eigenvalue weighted by molar-refractivity contribution is 0.452. The molecule has 1 heterocycles. The average Bonchev–Trinajstić information content (AvgIpc) is 2.81. The van der Waals surface area contributed by atoms with Gasteiger partial charge in [-0.1, -0.05) is 40.0 Å². The Bertz CT molecular complexity index is 344. The molecule has 0 saturated heterocycles. The Hall–Kier alpha value is -0.830. The molecular formula is C16H31N3. The maximum Gasteiger partial charge on any atom is 0.0624 e. The van der Waals surface area contributed by atoms with E-state index in [-0.39, 0.29) is 0 Å². The van der Waals surface area contributed by atoms with Gasteiger partial charge in [0.15, 0.2) is 0 Å². The van der Waals surface area contributed by atoms with Gasteiger partial charge >= 0.3 is 0 Å². The fourth-order valence-electron chi connectivity index (χ4n) is 2.58. The smallest absolute Gasteiger partial charge is 0.0624 e. The standard InChI is InChI=1S/C16H31N3/c1-5-9-10-11-15(17-7-3)13-16-12-14(6-2)18-19(16)8-4/h12,15,17H,5-11,13H2,1-4H3. The van der Waals surface area contributed by atoms with E-state index in [2.05, 4.69) is 48.9 Å². The van der Waals surface area contributed by atoms with Gasteiger partial charge in [0.25, 0.3) is 0 Å². The highest BCUT2D eigenvalue weighted by Crippen LogP contribution is 2.12. The zero-order chi connectivity index (χ0) is 14.1. The molecule has 0 aliphatic heterocycles. The van der Waals surface area contributed by atoms with Gasteiger partial charge in [-0.05, 0) is 32.4 Å². The van der Waals surface area contributed by atoms with Gasteiger partial charge in [-0.2, -0.15) is 5.10 Å². The molecule has 0 spiro atoms. The molecule has 0 bridgehead atoms. The van der Waals surface area contributed by atoms with Crippen LogP contribution in [0.1, 0.15) is 64.8 Å². The van der Waals surface area contributed by atoms with Crippen molar-refractivity contribution in [2.24, 2.45) is 0 Å². The normalized spacial score (nSPS) is 12.8. The molecule has 19 heavy (non-hydrogen) atoms. The van der Waals surface area contributed by atoms with Crippen molar-refractivity contribution < 1.29 is 0 Å². The van der Waals surface area contributed by atoms with Crippen LogP contribution in [0.25, 0.3) is 0 Å². The zero-order valence-corrected chi connectivity index (χ0v) is 13.2. The summed E-state index contributed by atoms with van der Waals surface area (Å²) in [7, 11) is 0. The Kier molecular flexibility index (Phi) is 7.80. The van der Waals surface area contributed by atoms with Crippen LogP contribution >= 0.6 is 0 Å². The number of aryl methyl sites for hydroxylation is 2. The molecule has 0 aliphatic carbocycles. The van der Waals surface area contributed by atoms with Gasteiger partial charge < -0.3 is 5.32 Å². The van der Waals surface area contributed by atoms with E-state index in [1.165, 1.54) is 37.1 Å². The van der Waals surface area contributed by atoms with Crippen LogP contribution in [0.15, 0.2) is 6.07 Å². The Morgan fingerprint density at radius 3 is 2.58 bits per heavy atom. The molecule has 0 amide bonds. The Labute approximate surface area is 118 Å². The lowest BCUT2D eigenvalue weighted by atomic mass is 10.0. The summed E-state index contributed by atoms with van der Waals surface area (Å²) in [6.45, 7) is 10.8. The van der Waals surface area contributed by atoms with Crippen LogP contribution < -0.4 is 5.32 Å². The van der Waals surface area contributed by atoms with E-state index < -0.39 is 0 Å². The summed E-state index contributed by atoms with van der Waals surface area (Å²) in [5.74, 6) is 0. The Morgan fingerprint density at radius 1 is 1.21 bits per heavy atom. The molecule has 3 nitrogen and oxygen atoms in total. The molecule has 1 aromatic rings. The summed E-state index contributed by atoms with van der Waals surface area (Å²) >= 11 is 0. The van der Waals surface area contributed by atoms with Crippen molar-refractivity contribution in [2.75, 3.05) is 6.54 Å². The first-order chi connectivity index (χ1) is 9.24. The highest BCUT2D eigenvalue weighted by Gasteiger charge is 2.12. The van der Waals surface area contributed by atoms with Crippen molar-refractivity contribution in [2.45, 2.75) is 78.8 Å². The van der Waals surface area contributed by atoms with Gasteiger partial charge in [0.2, 0.25) is 0 Å². The molecule has 0 saturated carbocycles. The quantitative estimate of drug-likeness (QED) is 0.655. The van der Waals surface area contributed by atoms with E-state index in [0.29, 0.717) is 6.04 Å². The lowest BCUT2D eigenvalue weighted by Crippen LogP contribution is -2.31. The molecule has 0 aromatic carbocycles. The van der Waals surface area contributed by atoms with Crippen LogP contribution in [0, 0.1) is 0 Å². The monoisotopic (exact) mass is 265 g/mol. The van der Waals surface area contributed by atoms with Crippen LogP contribution in [-0.2, 0) is 19.4 Å². The molecule has 0 aliphatic rings. The SMILES string of the molecule is CCCCCC(Cc1cc(CC)nn1CC)NCC. The van der Waals surface area contributed by atoms with Gasteiger partial charge in [0.1, 0.15) is 0 Å². The minimum absolute atomic E-state index is 0.600. The summed E-state index contributed by atoms with van der Waals surface area (Å²) in [6.07, 6.45) is 7.38. The van der Waals surface area contributed by atoms with E-state index in [9.17, 15) is 0 Å². The highest BCUT2D eigenvalue weighted by molar-refractivity contribution is 5.12. The second kappa shape index (κ2) is 9.13. The van der Waals surface area contributed by atoms with Crippen LogP contribution in [0.2, 0.25) is 0 Å². The first-order valence-electron chi connectivity index (χ1n) is 8.04. The third-order valence-electron chi connectivity index (χ3n) is 3.68. The van der Waals surface area contributed by atoms with Gasteiger partial charge in [-0.15, -0.1) is 0 Å². The molecule has 110 valence electrons. The van der Waals surface area contributed by atoms with Crippen molar-refractivity contribution >= 4 is 0 Å². The van der Waals surface area contributed by atoms with E-state index in [1.54, 1.807) is 0 Å². The molecule has 1 rings (SSSR count). The van der Waals surface area contributed by atoms with Crippen LogP contribution in [-0.4, -0.2) is 22.4 Å². The number of aromatic nitrogens is 2. The van der Waals surface area contributed by atoms with Crippen molar-refractivity contribution in [3.05, 3.63) is 17.5 Å². The second-order valence-electron chi connectivity index (χ2n) is 5.25. The van der Waals surface area contributed by atoms with Crippen LogP contribution in [0.5, 0.6) is 0 Å². The van der Waals surface area contributed by atoms with Gasteiger partial charge in [0, 0.05) is 24.7 Å². The summed E-state index contributed by atoms with van der Waals surface area (Å²) in [5.41, 5.74) is 2.61. The predicted molar refractivity (Wildman–Crippen MR) is 82.6 cm³/mol. The zero-order valence-electron chi connectivity index (χ0n) is 13.2. The van der Waals surface area contributed by atoms with Crippen LogP contribution in [0.3, 0.4) is 0 Å². The Balaban J connectivity index is 2.63. The number of nitrogens with zero attached hydrogens (tertiary/aromatic N) is 2. The third-order valence-corrected chi connectivity index (χ3v) is 3.68. The summed E-state index contributed by atoms with van der Waals surface area (Å²) in [5, 5.41) is 8.27. The van der Waals surface area contributed by atoms with E-state index >= 15 is 0 Å². The minimum Gasteiger partial charge on any atom is -0.314 e. The number of rotatable bonds is 10. The first-order valence-corrected chi connectivity index (χ1v) is 8.04. The third kappa shape index (κ3) is 5.35. The molecule has 0 radical (unpaired) electrons. The molecule has 1 N–H and O–H groups in total. The summed E-state index contributed by atoms with van der Waals surface area (Å²) in [4.78, 5) is 0. The molecule has 1 unspecified atom stereocenters. The van der Waals surface area contributed by atoms with E-state index in [4.69, 9.17) is 0 Å². The summed E-state index contributed by atoms with van der Waals surface area (Å²) < 4.78 is 2.17. The van der Waals surface area contributed by atoms with E-state index in [1.807, 2.05) is 0 Å². The van der Waals surface area contributed by atoms with Crippen LogP contribution in [0.4, 0.5) is 0 Å². The molecule has 3 heteroatoms. The van der Waals surface area contributed by atoms with Crippen molar-refractivity contribution in [3.8, 4) is 0 Å². The number of likely N-dealkylation sites (N-methyl/N-ethyl adjacent to an activating group) is 1. The minimum atomic E-state index is 0.600. The number of nitrogens with one attached hydrogen (secondary N) is 1. The van der Waals surface area contributed by atoms with E-state index in [0.717, 1.165) is 25.9 Å². The van der Waals surface area contributed by atoms with Crippen molar-refractivity contribution in [1.29, 1.82) is 0 Å². The number of hydrogen-bond acceptors (Lipinski definition) is 2. The first kappa shape index (κ1) is 16.2. The predicted octanol–water partition coefficient (Wildman–Crippen LogP) is 3.57. The van der Waals surface area contributed by atoms with Crippen molar-refractivity contribution in [1.82, 2.24) is 15.1 Å². The Morgan fingerprint density at radius 2 is 2.00 bits per heavy atom. The van der Waals surface area contributed by atoms with Gasteiger partial charge in [-0.3, -0.25) is 4.68 Å². The number of hydrogen-bond donors (Lipinski definition) is 1.